The average Bonchev–Trinajstić information content (AvgIpc) is 2.50. The second-order valence-corrected chi connectivity index (χ2v) is 3.99. The molecule has 2 fully saturated rings. The number of hydrogen-bond donors (Lipinski definition) is 4. The van der Waals surface area contributed by atoms with E-state index in [1.807, 2.05) is 0 Å². The number of carboxylic acids is 1. The van der Waals surface area contributed by atoms with Crippen LogP contribution in [0.1, 0.15) is 6.42 Å². The fourth-order valence-electron chi connectivity index (χ4n) is 2.74. The molecule has 2 saturated carbocycles. The monoisotopic (exact) mass is 187 g/mol. The largest absolute Gasteiger partial charge is 0.481 e. The molecule has 2 aliphatic carbocycles. The first-order valence-corrected chi connectivity index (χ1v) is 4.38. The van der Waals surface area contributed by atoms with Crippen LogP contribution < -0.4 is 5.73 Å². The molecule has 74 valence electrons. The van der Waals surface area contributed by atoms with Gasteiger partial charge in [0.2, 0.25) is 0 Å². The average molecular weight is 187 g/mol. The van der Waals surface area contributed by atoms with Crippen molar-refractivity contribution >= 4 is 5.97 Å². The second kappa shape index (κ2) is 2.67. The molecule has 6 atom stereocenters. The van der Waals surface area contributed by atoms with Crippen LogP contribution in [0.3, 0.4) is 0 Å². The van der Waals surface area contributed by atoms with E-state index in [2.05, 4.69) is 0 Å². The molecule has 0 aromatic heterocycles. The Morgan fingerprint density at radius 3 is 2.23 bits per heavy atom. The van der Waals surface area contributed by atoms with Gasteiger partial charge in [-0.2, -0.15) is 0 Å². The topological polar surface area (TPSA) is 104 Å². The smallest absolute Gasteiger partial charge is 0.308 e. The first kappa shape index (κ1) is 8.93. The Balaban J connectivity index is 2.24. The van der Waals surface area contributed by atoms with Crippen molar-refractivity contribution in [1.29, 1.82) is 0 Å². The highest BCUT2D eigenvalue weighted by Gasteiger charge is 2.58. The van der Waals surface area contributed by atoms with Crippen LogP contribution in [-0.4, -0.2) is 39.5 Å². The van der Waals surface area contributed by atoms with Crippen molar-refractivity contribution < 1.29 is 20.1 Å². The standard InChI is InChI=1S/C8H13NO4/c9-5-3-1-2(4(5)8(12)13)6(10)7(3)11/h2-7,10-11H,1,9H2,(H,12,13). The van der Waals surface area contributed by atoms with E-state index in [-0.39, 0.29) is 11.8 Å². The van der Waals surface area contributed by atoms with Gasteiger partial charge in [0.1, 0.15) is 0 Å². The van der Waals surface area contributed by atoms with E-state index in [0.29, 0.717) is 6.42 Å². The number of rotatable bonds is 1. The predicted octanol–water partition coefficient (Wildman–Crippen LogP) is -1.61. The van der Waals surface area contributed by atoms with Crippen LogP contribution in [0.4, 0.5) is 0 Å². The molecular formula is C8H13NO4. The van der Waals surface area contributed by atoms with Gasteiger partial charge in [0.15, 0.2) is 0 Å². The lowest BCUT2D eigenvalue weighted by Crippen LogP contribution is -2.51. The summed E-state index contributed by atoms with van der Waals surface area (Å²) in [5, 5.41) is 27.7. The fraction of sp³-hybridized carbons (Fsp3) is 0.875. The van der Waals surface area contributed by atoms with Crippen LogP contribution in [0.2, 0.25) is 0 Å². The van der Waals surface area contributed by atoms with Crippen LogP contribution in [0.25, 0.3) is 0 Å². The van der Waals surface area contributed by atoms with E-state index in [0.717, 1.165) is 0 Å². The SMILES string of the molecule is NC1C2CC(C(O)C2O)C1C(=O)O. The highest BCUT2D eigenvalue weighted by molar-refractivity contribution is 5.72. The van der Waals surface area contributed by atoms with Gasteiger partial charge < -0.3 is 21.1 Å². The Hall–Kier alpha value is -0.650. The molecule has 0 heterocycles. The molecule has 0 spiro atoms. The number of aliphatic hydroxyl groups excluding tert-OH is 2. The van der Waals surface area contributed by atoms with Gasteiger partial charge in [-0.25, -0.2) is 0 Å². The number of aliphatic carboxylic acids is 1. The predicted molar refractivity (Wildman–Crippen MR) is 42.7 cm³/mol. The zero-order chi connectivity index (χ0) is 9.75. The summed E-state index contributed by atoms with van der Waals surface area (Å²) >= 11 is 0. The molecule has 5 heteroatoms. The third-order valence-corrected chi connectivity index (χ3v) is 3.43. The number of hydrogen-bond acceptors (Lipinski definition) is 4. The highest BCUT2D eigenvalue weighted by Crippen LogP contribution is 2.47. The third-order valence-electron chi connectivity index (χ3n) is 3.43. The van der Waals surface area contributed by atoms with Crippen LogP contribution in [0, 0.1) is 17.8 Å². The molecule has 0 amide bonds. The molecule has 0 aromatic rings. The molecule has 13 heavy (non-hydrogen) atoms. The van der Waals surface area contributed by atoms with Gasteiger partial charge in [0.05, 0.1) is 18.1 Å². The normalized spacial score (nSPS) is 54.1. The molecular weight excluding hydrogens is 174 g/mol. The minimum absolute atomic E-state index is 0.249. The van der Waals surface area contributed by atoms with Crippen molar-refractivity contribution in [2.45, 2.75) is 24.7 Å². The van der Waals surface area contributed by atoms with Gasteiger partial charge in [0.25, 0.3) is 0 Å². The summed E-state index contributed by atoms with van der Waals surface area (Å²) in [6.45, 7) is 0. The lowest BCUT2D eigenvalue weighted by atomic mass is 9.81. The molecule has 5 nitrogen and oxygen atoms in total. The van der Waals surface area contributed by atoms with Crippen molar-refractivity contribution in [3.63, 3.8) is 0 Å². The third kappa shape index (κ3) is 1.01. The molecule has 0 aliphatic heterocycles. The maximum Gasteiger partial charge on any atom is 0.308 e. The molecule has 0 saturated heterocycles. The van der Waals surface area contributed by atoms with E-state index in [9.17, 15) is 15.0 Å². The van der Waals surface area contributed by atoms with Crippen molar-refractivity contribution in [3.8, 4) is 0 Å². The Bertz CT molecular complexity index is 244. The first-order chi connectivity index (χ1) is 6.04. The van der Waals surface area contributed by atoms with Gasteiger partial charge in [-0.1, -0.05) is 0 Å². The van der Waals surface area contributed by atoms with Crippen molar-refractivity contribution in [3.05, 3.63) is 0 Å². The molecule has 0 aromatic carbocycles. The summed E-state index contributed by atoms with van der Waals surface area (Å²) < 4.78 is 0. The minimum atomic E-state index is -0.967. The highest BCUT2D eigenvalue weighted by atomic mass is 16.4. The molecule has 2 bridgehead atoms. The van der Waals surface area contributed by atoms with E-state index in [1.54, 1.807) is 0 Å². The number of fused-ring (bicyclic) bond motifs is 2. The van der Waals surface area contributed by atoms with Crippen molar-refractivity contribution in [1.82, 2.24) is 0 Å². The van der Waals surface area contributed by atoms with Gasteiger partial charge in [-0.3, -0.25) is 4.79 Å². The molecule has 2 rings (SSSR count). The summed E-state index contributed by atoms with van der Waals surface area (Å²) in [5.74, 6) is -2.28. The second-order valence-electron chi connectivity index (χ2n) is 3.99. The summed E-state index contributed by atoms with van der Waals surface area (Å²) in [4.78, 5) is 10.8. The number of carboxylic acid groups (broad SMARTS) is 1. The number of nitrogens with two attached hydrogens (primary N) is 1. The first-order valence-electron chi connectivity index (χ1n) is 4.38. The summed E-state index contributed by atoms with van der Waals surface area (Å²) in [5.41, 5.74) is 5.67. The van der Waals surface area contributed by atoms with E-state index in [4.69, 9.17) is 10.8 Å². The fourth-order valence-corrected chi connectivity index (χ4v) is 2.74. The number of aliphatic hydroxyl groups is 2. The lowest BCUT2D eigenvalue weighted by molar-refractivity contribution is -0.148. The Morgan fingerprint density at radius 2 is 1.77 bits per heavy atom. The quantitative estimate of drug-likeness (QED) is 0.395. The van der Waals surface area contributed by atoms with Crippen LogP contribution in [-0.2, 0) is 4.79 Å². The van der Waals surface area contributed by atoms with Gasteiger partial charge >= 0.3 is 5.97 Å². The zero-order valence-corrected chi connectivity index (χ0v) is 7.00. The summed E-state index contributed by atoms with van der Waals surface area (Å²) in [6.07, 6.45) is -1.22. The summed E-state index contributed by atoms with van der Waals surface area (Å²) in [7, 11) is 0. The number of carbonyl (C=O) groups is 1. The molecule has 0 radical (unpaired) electrons. The molecule has 6 unspecified atom stereocenters. The van der Waals surface area contributed by atoms with E-state index >= 15 is 0 Å². The van der Waals surface area contributed by atoms with E-state index < -0.39 is 30.1 Å². The van der Waals surface area contributed by atoms with E-state index in [1.165, 1.54) is 0 Å². The van der Waals surface area contributed by atoms with Crippen LogP contribution in [0.15, 0.2) is 0 Å². The Morgan fingerprint density at radius 1 is 1.23 bits per heavy atom. The Kier molecular flexibility index (Phi) is 1.83. The Labute approximate surface area is 75.2 Å². The van der Waals surface area contributed by atoms with Crippen LogP contribution >= 0.6 is 0 Å². The van der Waals surface area contributed by atoms with Gasteiger partial charge in [-0.05, 0) is 6.42 Å². The maximum absolute atomic E-state index is 10.8. The molecule has 2 aliphatic rings. The van der Waals surface area contributed by atoms with Crippen molar-refractivity contribution in [2.75, 3.05) is 0 Å². The van der Waals surface area contributed by atoms with Crippen LogP contribution in [0.5, 0.6) is 0 Å². The lowest BCUT2D eigenvalue weighted by Gasteiger charge is -2.32. The molecule has 5 N–H and O–H groups in total. The van der Waals surface area contributed by atoms with Gasteiger partial charge in [0, 0.05) is 17.9 Å². The maximum atomic E-state index is 10.8. The van der Waals surface area contributed by atoms with Crippen molar-refractivity contribution in [2.24, 2.45) is 23.5 Å². The summed E-state index contributed by atoms with van der Waals surface area (Å²) in [6, 6.07) is -0.513. The minimum Gasteiger partial charge on any atom is -0.481 e. The van der Waals surface area contributed by atoms with Gasteiger partial charge in [-0.15, -0.1) is 0 Å². The zero-order valence-electron chi connectivity index (χ0n) is 7.00.